The maximum Gasteiger partial charge on any atom is 0.253 e. The van der Waals surface area contributed by atoms with Crippen LogP contribution < -0.4 is 5.32 Å². The van der Waals surface area contributed by atoms with Crippen molar-refractivity contribution in [3.63, 3.8) is 0 Å². The number of hydrogen-bond acceptors (Lipinski definition) is 3. The smallest absolute Gasteiger partial charge is 0.253 e. The van der Waals surface area contributed by atoms with E-state index in [0.29, 0.717) is 38.0 Å². The minimum Gasteiger partial charge on any atom is -0.381 e. The summed E-state index contributed by atoms with van der Waals surface area (Å²) in [5.41, 5.74) is 4.19. The van der Waals surface area contributed by atoms with E-state index in [1.165, 1.54) is 5.56 Å². The summed E-state index contributed by atoms with van der Waals surface area (Å²) in [5.74, 6) is 0.264. The third kappa shape index (κ3) is 4.27. The van der Waals surface area contributed by atoms with Gasteiger partial charge in [-0.2, -0.15) is 0 Å². The number of nitrogens with zero attached hydrogens (tertiary/aromatic N) is 1. The lowest BCUT2D eigenvalue weighted by Crippen LogP contribution is -2.38. The second-order valence-electron chi connectivity index (χ2n) is 6.40. The molecule has 0 saturated carbocycles. The van der Waals surface area contributed by atoms with Crippen molar-refractivity contribution in [1.82, 2.24) is 4.90 Å². The molecule has 0 bridgehead atoms. The van der Waals surface area contributed by atoms with Crippen molar-refractivity contribution in [3.05, 3.63) is 65.2 Å². The molecule has 1 heterocycles. The van der Waals surface area contributed by atoms with Gasteiger partial charge in [0.15, 0.2) is 0 Å². The number of nitrogens with one attached hydrogen (secondary N) is 1. The van der Waals surface area contributed by atoms with Crippen LogP contribution in [0.5, 0.6) is 0 Å². The standard InChI is InChI=1S/C21H24N2O2/c1-2-17-7-3-4-9-20(17)22-15-16-6-5-8-18(14-16)21(25)23-12-10-19(24)11-13-23/h3-9,14,22H,2,10-13,15H2,1H3. The zero-order chi connectivity index (χ0) is 17.6. The molecule has 0 radical (unpaired) electrons. The quantitative estimate of drug-likeness (QED) is 0.906. The van der Waals surface area contributed by atoms with E-state index >= 15 is 0 Å². The van der Waals surface area contributed by atoms with Crippen LogP contribution in [0, 0.1) is 0 Å². The number of para-hydroxylation sites is 1. The second kappa shape index (κ2) is 7.97. The van der Waals surface area contributed by atoms with Crippen LogP contribution >= 0.6 is 0 Å². The molecule has 4 heteroatoms. The predicted molar refractivity (Wildman–Crippen MR) is 99.7 cm³/mol. The molecule has 2 aromatic rings. The lowest BCUT2D eigenvalue weighted by molar-refractivity contribution is -0.120. The summed E-state index contributed by atoms with van der Waals surface area (Å²) in [5, 5.41) is 3.46. The van der Waals surface area contributed by atoms with E-state index in [-0.39, 0.29) is 11.7 Å². The molecule has 1 amide bonds. The predicted octanol–water partition coefficient (Wildman–Crippen LogP) is 3.67. The van der Waals surface area contributed by atoms with Gasteiger partial charge in [0.2, 0.25) is 0 Å². The first-order chi connectivity index (χ1) is 12.2. The first-order valence-corrected chi connectivity index (χ1v) is 8.89. The van der Waals surface area contributed by atoms with Gasteiger partial charge in [0.1, 0.15) is 5.78 Å². The van der Waals surface area contributed by atoms with Crippen LogP contribution in [0.25, 0.3) is 0 Å². The van der Waals surface area contributed by atoms with E-state index < -0.39 is 0 Å². The van der Waals surface area contributed by atoms with Gasteiger partial charge in [-0.1, -0.05) is 37.3 Å². The Morgan fingerprint density at radius 3 is 2.60 bits per heavy atom. The Morgan fingerprint density at radius 1 is 1.08 bits per heavy atom. The van der Waals surface area contributed by atoms with Gasteiger partial charge in [-0.05, 0) is 35.7 Å². The third-order valence-electron chi connectivity index (χ3n) is 4.66. The molecule has 2 aromatic carbocycles. The largest absolute Gasteiger partial charge is 0.381 e. The first-order valence-electron chi connectivity index (χ1n) is 8.89. The van der Waals surface area contributed by atoms with E-state index in [1.54, 1.807) is 4.90 Å². The van der Waals surface area contributed by atoms with Gasteiger partial charge in [0, 0.05) is 43.7 Å². The monoisotopic (exact) mass is 336 g/mol. The van der Waals surface area contributed by atoms with E-state index in [1.807, 2.05) is 36.4 Å². The molecule has 25 heavy (non-hydrogen) atoms. The molecule has 130 valence electrons. The molecule has 1 fully saturated rings. The summed E-state index contributed by atoms with van der Waals surface area (Å²) in [6.45, 7) is 3.88. The van der Waals surface area contributed by atoms with Crippen LogP contribution in [0.1, 0.15) is 41.3 Å². The molecule has 3 rings (SSSR count). The number of hydrogen-bond donors (Lipinski definition) is 1. The Balaban J connectivity index is 1.67. The summed E-state index contributed by atoms with van der Waals surface area (Å²) in [4.78, 5) is 25.8. The number of amides is 1. The Hall–Kier alpha value is -2.62. The minimum absolute atomic E-state index is 0.0170. The van der Waals surface area contributed by atoms with E-state index in [4.69, 9.17) is 0 Å². The summed E-state index contributed by atoms with van der Waals surface area (Å²) in [6.07, 6.45) is 1.93. The van der Waals surface area contributed by atoms with Crippen LogP contribution in [0.15, 0.2) is 48.5 Å². The van der Waals surface area contributed by atoms with E-state index in [2.05, 4.69) is 24.4 Å². The maximum atomic E-state index is 12.6. The number of carbonyl (C=O) groups excluding carboxylic acids is 2. The van der Waals surface area contributed by atoms with Crippen molar-refractivity contribution in [2.45, 2.75) is 32.7 Å². The normalized spacial score (nSPS) is 14.4. The molecule has 0 unspecified atom stereocenters. The third-order valence-corrected chi connectivity index (χ3v) is 4.66. The number of Topliss-reactive ketones (excluding diaryl/α,β-unsaturated/α-hetero) is 1. The number of rotatable bonds is 5. The van der Waals surface area contributed by atoms with Gasteiger partial charge in [-0.3, -0.25) is 9.59 Å². The van der Waals surface area contributed by atoms with Crippen molar-refractivity contribution in [2.75, 3.05) is 18.4 Å². The second-order valence-corrected chi connectivity index (χ2v) is 6.40. The lowest BCUT2D eigenvalue weighted by atomic mass is 10.1. The number of carbonyl (C=O) groups is 2. The summed E-state index contributed by atoms with van der Waals surface area (Å²) < 4.78 is 0. The fourth-order valence-corrected chi connectivity index (χ4v) is 3.15. The molecule has 1 saturated heterocycles. The van der Waals surface area contributed by atoms with Crippen LogP contribution in [0.3, 0.4) is 0 Å². The zero-order valence-corrected chi connectivity index (χ0v) is 14.6. The summed E-state index contributed by atoms with van der Waals surface area (Å²) in [7, 11) is 0. The van der Waals surface area contributed by atoms with Crippen molar-refractivity contribution in [3.8, 4) is 0 Å². The molecule has 1 aliphatic rings. The van der Waals surface area contributed by atoms with Crippen LogP contribution in [0.4, 0.5) is 5.69 Å². The van der Waals surface area contributed by atoms with Gasteiger partial charge in [-0.25, -0.2) is 0 Å². The van der Waals surface area contributed by atoms with Gasteiger partial charge in [0.05, 0.1) is 0 Å². The Bertz CT molecular complexity index is 760. The van der Waals surface area contributed by atoms with Crippen LogP contribution in [-0.4, -0.2) is 29.7 Å². The van der Waals surface area contributed by atoms with Crippen molar-refractivity contribution in [2.24, 2.45) is 0 Å². The van der Waals surface area contributed by atoms with Crippen molar-refractivity contribution >= 4 is 17.4 Å². The topological polar surface area (TPSA) is 49.4 Å². The molecule has 0 aromatic heterocycles. The van der Waals surface area contributed by atoms with Crippen LogP contribution in [0.2, 0.25) is 0 Å². The van der Waals surface area contributed by atoms with Crippen molar-refractivity contribution < 1.29 is 9.59 Å². The number of piperidine rings is 1. The molecule has 4 nitrogen and oxygen atoms in total. The highest BCUT2D eigenvalue weighted by Gasteiger charge is 2.21. The number of aryl methyl sites for hydroxylation is 1. The zero-order valence-electron chi connectivity index (χ0n) is 14.6. The number of ketones is 1. The fraction of sp³-hybridized carbons (Fsp3) is 0.333. The SMILES string of the molecule is CCc1ccccc1NCc1cccc(C(=O)N2CCC(=O)CC2)c1. The molecule has 0 atom stereocenters. The Morgan fingerprint density at radius 2 is 1.84 bits per heavy atom. The Kier molecular flexibility index (Phi) is 5.49. The van der Waals surface area contributed by atoms with Gasteiger partial charge < -0.3 is 10.2 Å². The van der Waals surface area contributed by atoms with Crippen molar-refractivity contribution in [1.29, 1.82) is 0 Å². The highest BCUT2D eigenvalue weighted by molar-refractivity contribution is 5.95. The highest BCUT2D eigenvalue weighted by atomic mass is 16.2. The summed E-state index contributed by atoms with van der Waals surface area (Å²) in [6, 6.07) is 16.0. The molecule has 1 N–H and O–H groups in total. The minimum atomic E-state index is 0.0170. The van der Waals surface area contributed by atoms with E-state index in [9.17, 15) is 9.59 Å². The number of benzene rings is 2. The Labute approximate surface area is 148 Å². The first kappa shape index (κ1) is 17.2. The lowest BCUT2D eigenvalue weighted by Gasteiger charge is -2.26. The maximum absolute atomic E-state index is 12.6. The average molecular weight is 336 g/mol. The number of likely N-dealkylation sites (tertiary alicyclic amines) is 1. The summed E-state index contributed by atoms with van der Waals surface area (Å²) >= 11 is 0. The van der Waals surface area contributed by atoms with Crippen LogP contribution in [-0.2, 0) is 17.8 Å². The van der Waals surface area contributed by atoms with Gasteiger partial charge in [-0.15, -0.1) is 0 Å². The number of anilines is 1. The molecule has 1 aliphatic heterocycles. The fourth-order valence-electron chi connectivity index (χ4n) is 3.15. The van der Waals surface area contributed by atoms with E-state index in [0.717, 1.165) is 17.7 Å². The molecule has 0 spiro atoms. The highest BCUT2D eigenvalue weighted by Crippen LogP contribution is 2.18. The molecular formula is C21H24N2O2. The van der Waals surface area contributed by atoms with Gasteiger partial charge >= 0.3 is 0 Å². The molecular weight excluding hydrogens is 312 g/mol. The molecule has 0 aliphatic carbocycles. The average Bonchev–Trinajstić information content (AvgIpc) is 2.67. The van der Waals surface area contributed by atoms with Gasteiger partial charge in [0.25, 0.3) is 5.91 Å².